The molecule has 0 unspecified atom stereocenters. The number of carbonyl (C=O) groups is 1. The van der Waals surface area contributed by atoms with Crippen molar-refractivity contribution in [1.29, 1.82) is 0 Å². The zero-order valence-corrected chi connectivity index (χ0v) is 19.3. The largest absolute Gasteiger partial charge is 0.493 e. The Morgan fingerprint density at radius 2 is 1.82 bits per heavy atom. The number of aryl methyl sites for hydroxylation is 1. The van der Waals surface area contributed by atoms with Crippen LogP contribution in [0.25, 0.3) is 6.08 Å². The monoisotopic (exact) mass is 486 g/mol. The first kappa shape index (κ1) is 24.1. The number of ether oxygens (including phenoxy) is 2. The molecule has 0 bridgehead atoms. The van der Waals surface area contributed by atoms with Gasteiger partial charge in [-0.3, -0.25) is 14.9 Å². The van der Waals surface area contributed by atoms with Gasteiger partial charge >= 0.3 is 0 Å². The number of nitro groups is 1. The molecule has 3 rings (SSSR count). The fraction of sp³-hybridized carbons (Fsp3) is 0.125. The predicted molar refractivity (Wildman–Crippen MR) is 129 cm³/mol. The molecule has 0 aliphatic carbocycles. The third-order valence-electron chi connectivity index (χ3n) is 4.73. The van der Waals surface area contributed by atoms with Crippen LogP contribution in [-0.4, -0.2) is 17.9 Å². The molecule has 170 valence electrons. The summed E-state index contributed by atoms with van der Waals surface area (Å²) < 4.78 is 11.2. The van der Waals surface area contributed by atoms with Crippen molar-refractivity contribution in [3.8, 4) is 11.5 Å². The summed E-state index contributed by atoms with van der Waals surface area (Å²) in [4.78, 5) is 22.6. The van der Waals surface area contributed by atoms with Crippen LogP contribution in [0, 0.1) is 17.0 Å². The summed E-state index contributed by atoms with van der Waals surface area (Å²) in [5, 5.41) is 14.6. The van der Waals surface area contributed by atoms with Gasteiger partial charge in [-0.05, 0) is 54.5 Å². The number of rotatable bonds is 8. The highest BCUT2D eigenvalue weighted by Crippen LogP contribution is 2.31. The lowest BCUT2D eigenvalue weighted by Crippen LogP contribution is -2.09. The summed E-state index contributed by atoms with van der Waals surface area (Å²) in [6.45, 7) is 1.85. The molecular weight excluding hydrogens is 467 g/mol. The van der Waals surface area contributed by atoms with Crippen molar-refractivity contribution in [2.45, 2.75) is 13.5 Å². The van der Waals surface area contributed by atoms with E-state index in [-0.39, 0.29) is 18.2 Å². The predicted octanol–water partition coefficient (Wildman–Crippen LogP) is 6.45. The lowest BCUT2D eigenvalue weighted by Gasteiger charge is -2.13. The topological polar surface area (TPSA) is 90.7 Å². The highest BCUT2D eigenvalue weighted by atomic mass is 35.5. The van der Waals surface area contributed by atoms with E-state index in [0.29, 0.717) is 43.9 Å². The fourth-order valence-corrected chi connectivity index (χ4v) is 3.48. The number of carbonyl (C=O) groups excluding carboxylic acids is 1. The second-order valence-electron chi connectivity index (χ2n) is 6.98. The summed E-state index contributed by atoms with van der Waals surface area (Å²) >= 11 is 12.4. The van der Waals surface area contributed by atoms with Crippen LogP contribution in [0.3, 0.4) is 0 Å². The second-order valence-corrected chi connectivity index (χ2v) is 7.79. The highest BCUT2D eigenvalue weighted by Gasteiger charge is 2.11. The lowest BCUT2D eigenvalue weighted by molar-refractivity contribution is -0.384. The van der Waals surface area contributed by atoms with Gasteiger partial charge in [0.2, 0.25) is 5.91 Å². The minimum atomic E-state index is -0.484. The average molecular weight is 487 g/mol. The molecule has 33 heavy (non-hydrogen) atoms. The van der Waals surface area contributed by atoms with Crippen molar-refractivity contribution in [2.75, 3.05) is 12.4 Å². The third-order valence-corrected chi connectivity index (χ3v) is 5.44. The van der Waals surface area contributed by atoms with Gasteiger partial charge in [-0.1, -0.05) is 35.3 Å². The van der Waals surface area contributed by atoms with E-state index in [9.17, 15) is 14.9 Å². The Hall–Kier alpha value is -3.55. The van der Waals surface area contributed by atoms with Crippen LogP contribution >= 0.6 is 23.2 Å². The number of halogens is 2. The minimum absolute atomic E-state index is 0.0350. The molecule has 0 heterocycles. The Kier molecular flexibility index (Phi) is 7.92. The molecule has 1 amide bonds. The van der Waals surface area contributed by atoms with Crippen LogP contribution in [0.4, 0.5) is 11.4 Å². The van der Waals surface area contributed by atoms with E-state index in [4.69, 9.17) is 32.7 Å². The number of anilines is 1. The number of hydrogen-bond donors (Lipinski definition) is 1. The molecule has 0 radical (unpaired) electrons. The Labute approximate surface area is 200 Å². The van der Waals surface area contributed by atoms with Crippen LogP contribution in [-0.2, 0) is 11.4 Å². The van der Waals surface area contributed by atoms with E-state index >= 15 is 0 Å². The SMILES string of the molecule is COc1cc(/C=C/C(=O)Nc2ccc([N+](=O)[O-])cc2C)ccc1OCc1c(Cl)cccc1Cl. The van der Waals surface area contributed by atoms with Crippen molar-refractivity contribution < 1.29 is 19.2 Å². The molecule has 3 aromatic rings. The van der Waals surface area contributed by atoms with Crippen molar-refractivity contribution in [3.63, 3.8) is 0 Å². The zero-order chi connectivity index (χ0) is 24.0. The van der Waals surface area contributed by atoms with Gasteiger partial charge < -0.3 is 14.8 Å². The van der Waals surface area contributed by atoms with Gasteiger partial charge in [-0.15, -0.1) is 0 Å². The summed E-state index contributed by atoms with van der Waals surface area (Å²) in [5.41, 5.74) is 2.44. The first-order chi connectivity index (χ1) is 15.8. The van der Waals surface area contributed by atoms with Gasteiger partial charge in [0.15, 0.2) is 11.5 Å². The Morgan fingerprint density at radius 3 is 2.45 bits per heavy atom. The molecule has 0 aliphatic heterocycles. The van der Waals surface area contributed by atoms with E-state index in [2.05, 4.69) is 5.32 Å². The Bertz CT molecular complexity index is 1210. The second kappa shape index (κ2) is 10.8. The van der Waals surface area contributed by atoms with E-state index in [1.165, 1.54) is 31.4 Å². The molecule has 0 atom stereocenters. The van der Waals surface area contributed by atoms with E-state index in [1.807, 2.05) is 0 Å². The first-order valence-corrected chi connectivity index (χ1v) is 10.5. The highest BCUT2D eigenvalue weighted by molar-refractivity contribution is 6.35. The smallest absolute Gasteiger partial charge is 0.269 e. The summed E-state index contributed by atoms with van der Waals surface area (Å²) in [7, 11) is 1.52. The fourth-order valence-electron chi connectivity index (χ4n) is 2.98. The molecule has 0 spiro atoms. The molecule has 0 fully saturated rings. The average Bonchev–Trinajstić information content (AvgIpc) is 2.79. The maximum atomic E-state index is 12.3. The number of benzene rings is 3. The number of nitrogens with zero attached hydrogens (tertiary/aromatic N) is 1. The van der Waals surface area contributed by atoms with Gasteiger partial charge in [0, 0.05) is 39.5 Å². The van der Waals surface area contributed by atoms with Gasteiger partial charge in [0.05, 0.1) is 12.0 Å². The van der Waals surface area contributed by atoms with Crippen molar-refractivity contribution in [1.82, 2.24) is 0 Å². The molecule has 3 aromatic carbocycles. The normalized spacial score (nSPS) is 10.8. The van der Waals surface area contributed by atoms with Crippen molar-refractivity contribution >= 4 is 46.6 Å². The van der Waals surface area contributed by atoms with Gasteiger partial charge in [0.25, 0.3) is 5.69 Å². The van der Waals surface area contributed by atoms with Crippen molar-refractivity contribution in [3.05, 3.63) is 97.5 Å². The number of hydrogen-bond acceptors (Lipinski definition) is 5. The molecule has 1 N–H and O–H groups in total. The maximum Gasteiger partial charge on any atom is 0.269 e. The molecule has 0 aromatic heterocycles. The zero-order valence-electron chi connectivity index (χ0n) is 17.8. The molecule has 0 aliphatic rings. The molecule has 7 nitrogen and oxygen atoms in total. The van der Waals surface area contributed by atoms with Gasteiger partial charge in [0.1, 0.15) is 6.61 Å². The number of nitro benzene ring substituents is 1. The summed E-state index contributed by atoms with van der Waals surface area (Å²) in [6.07, 6.45) is 2.98. The number of methoxy groups -OCH3 is 1. The van der Waals surface area contributed by atoms with Gasteiger partial charge in [-0.25, -0.2) is 0 Å². The van der Waals surface area contributed by atoms with Crippen LogP contribution in [0.2, 0.25) is 10.0 Å². The van der Waals surface area contributed by atoms with Gasteiger partial charge in [-0.2, -0.15) is 0 Å². The quantitative estimate of drug-likeness (QED) is 0.224. The third kappa shape index (κ3) is 6.25. The molecular formula is C24H20Cl2N2O5. The molecule has 0 saturated carbocycles. The van der Waals surface area contributed by atoms with Crippen LogP contribution in [0.15, 0.2) is 60.7 Å². The van der Waals surface area contributed by atoms with Crippen molar-refractivity contribution in [2.24, 2.45) is 0 Å². The summed E-state index contributed by atoms with van der Waals surface area (Å²) in [6, 6.07) is 14.7. The number of amides is 1. The standard InChI is InChI=1S/C24H20Cl2N2O5/c1-15-12-17(28(30)31)8-9-21(15)27-24(29)11-7-16-6-10-22(23(13-16)32-2)33-14-18-19(25)4-3-5-20(18)26/h3-13H,14H2,1-2H3,(H,27,29)/b11-7+. The first-order valence-electron chi connectivity index (χ1n) is 9.76. The molecule has 9 heteroatoms. The van der Waals surface area contributed by atoms with Crippen LogP contribution in [0.1, 0.15) is 16.7 Å². The van der Waals surface area contributed by atoms with E-state index in [1.54, 1.807) is 49.4 Å². The van der Waals surface area contributed by atoms with Crippen LogP contribution in [0.5, 0.6) is 11.5 Å². The van der Waals surface area contributed by atoms with Crippen LogP contribution < -0.4 is 14.8 Å². The van der Waals surface area contributed by atoms with E-state index < -0.39 is 4.92 Å². The minimum Gasteiger partial charge on any atom is -0.493 e. The summed E-state index contributed by atoms with van der Waals surface area (Å²) in [5.74, 6) is 0.600. The van der Waals surface area contributed by atoms with E-state index in [0.717, 1.165) is 0 Å². The Morgan fingerprint density at radius 1 is 1.09 bits per heavy atom. The maximum absolute atomic E-state index is 12.3. The number of non-ortho nitro benzene ring substituents is 1. The number of nitrogens with one attached hydrogen (secondary N) is 1. The molecule has 0 saturated heterocycles. The Balaban J connectivity index is 1.67. The lowest BCUT2D eigenvalue weighted by atomic mass is 10.1.